The zero-order chi connectivity index (χ0) is 11.3. The summed E-state index contributed by atoms with van der Waals surface area (Å²) in [5, 5.41) is 0. The van der Waals surface area contributed by atoms with Crippen LogP contribution in [0.25, 0.3) is 0 Å². The number of nitrogens with two attached hydrogens (primary N) is 1. The van der Waals surface area contributed by atoms with Gasteiger partial charge in [-0.25, -0.2) is 0 Å². The van der Waals surface area contributed by atoms with Crippen molar-refractivity contribution in [3.05, 3.63) is 0 Å². The number of carbonyl (C=O) groups excluding carboxylic acids is 1. The lowest BCUT2D eigenvalue weighted by Gasteiger charge is -2.20. The fourth-order valence-corrected chi connectivity index (χ4v) is 2.37. The molecule has 2 unspecified atom stereocenters. The van der Waals surface area contributed by atoms with Gasteiger partial charge in [-0.15, -0.1) is 0 Å². The van der Waals surface area contributed by atoms with Crippen molar-refractivity contribution >= 4 is 5.91 Å². The molecule has 88 valence electrons. The second kappa shape index (κ2) is 6.11. The molecule has 1 aliphatic rings. The van der Waals surface area contributed by atoms with E-state index in [1.165, 1.54) is 0 Å². The standard InChI is InChI=1S/C12H24N2O/c1-3-4-10(2)12(15)14-8-6-11(9-14)5-7-13/h10-11H,3-9,13H2,1-2H3. The second-order valence-corrected chi connectivity index (χ2v) is 4.71. The molecule has 1 rings (SSSR count). The van der Waals surface area contributed by atoms with Gasteiger partial charge >= 0.3 is 0 Å². The molecule has 0 aromatic heterocycles. The maximum absolute atomic E-state index is 12.0. The minimum Gasteiger partial charge on any atom is -0.342 e. The molecule has 1 fully saturated rings. The van der Waals surface area contributed by atoms with Gasteiger partial charge in [0.25, 0.3) is 0 Å². The highest BCUT2D eigenvalue weighted by Gasteiger charge is 2.27. The summed E-state index contributed by atoms with van der Waals surface area (Å²) in [6.45, 7) is 6.80. The smallest absolute Gasteiger partial charge is 0.225 e. The van der Waals surface area contributed by atoms with Crippen LogP contribution in [0.4, 0.5) is 0 Å². The first-order valence-electron chi connectivity index (χ1n) is 6.17. The Labute approximate surface area is 93.0 Å². The van der Waals surface area contributed by atoms with E-state index >= 15 is 0 Å². The van der Waals surface area contributed by atoms with Crippen LogP contribution in [-0.4, -0.2) is 30.4 Å². The lowest BCUT2D eigenvalue weighted by Crippen LogP contribution is -2.33. The summed E-state index contributed by atoms with van der Waals surface area (Å²) >= 11 is 0. The Kier molecular flexibility index (Phi) is 5.09. The number of nitrogens with zero attached hydrogens (tertiary/aromatic N) is 1. The molecular formula is C12H24N2O. The van der Waals surface area contributed by atoms with Gasteiger partial charge in [0.1, 0.15) is 0 Å². The molecule has 2 N–H and O–H groups in total. The maximum atomic E-state index is 12.0. The summed E-state index contributed by atoms with van der Waals surface area (Å²) in [7, 11) is 0. The van der Waals surface area contributed by atoms with Gasteiger partial charge in [0.15, 0.2) is 0 Å². The van der Waals surface area contributed by atoms with Gasteiger partial charge in [-0.1, -0.05) is 20.3 Å². The highest BCUT2D eigenvalue weighted by Crippen LogP contribution is 2.21. The van der Waals surface area contributed by atoms with Gasteiger partial charge in [0.05, 0.1) is 0 Å². The van der Waals surface area contributed by atoms with Crippen LogP contribution in [0.15, 0.2) is 0 Å². The Hall–Kier alpha value is -0.570. The van der Waals surface area contributed by atoms with E-state index in [1.54, 1.807) is 0 Å². The number of hydrogen-bond acceptors (Lipinski definition) is 2. The SMILES string of the molecule is CCCC(C)C(=O)N1CCC(CCN)C1. The third kappa shape index (κ3) is 3.49. The minimum atomic E-state index is 0.201. The fourth-order valence-electron chi connectivity index (χ4n) is 2.37. The van der Waals surface area contributed by atoms with E-state index in [-0.39, 0.29) is 5.92 Å². The monoisotopic (exact) mass is 212 g/mol. The summed E-state index contributed by atoms with van der Waals surface area (Å²) in [6, 6.07) is 0. The van der Waals surface area contributed by atoms with E-state index in [1.807, 2.05) is 11.8 Å². The number of amides is 1. The molecule has 1 heterocycles. The molecule has 2 atom stereocenters. The van der Waals surface area contributed by atoms with Crippen molar-refractivity contribution < 1.29 is 4.79 Å². The molecule has 1 amide bonds. The van der Waals surface area contributed by atoms with Gasteiger partial charge in [0.2, 0.25) is 5.91 Å². The van der Waals surface area contributed by atoms with Crippen molar-refractivity contribution in [2.24, 2.45) is 17.6 Å². The predicted octanol–water partition coefficient (Wildman–Crippen LogP) is 1.62. The molecular weight excluding hydrogens is 188 g/mol. The molecule has 1 saturated heterocycles. The summed E-state index contributed by atoms with van der Waals surface area (Å²) in [4.78, 5) is 14.0. The first-order chi connectivity index (χ1) is 7.19. The summed E-state index contributed by atoms with van der Waals surface area (Å²) in [6.07, 6.45) is 4.30. The molecule has 0 aliphatic carbocycles. The summed E-state index contributed by atoms with van der Waals surface area (Å²) < 4.78 is 0. The highest BCUT2D eigenvalue weighted by atomic mass is 16.2. The van der Waals surface area contributed by atoms with Crippen LogP contribution in [0.3, 0.4) is 0 Å². The van der Waals surface area contributed by atoms with Crippen LogP contribution in [0.5, 0.6) is 0 Å². The molecule has 0 spiro atoms. The van der Waals surface area contributed by atoms with Crippen molar-refractivity contribution in [1.29, 1.82) is 0 Å². The molecule has 1 aliphatic heterocycles. The first-order valence-corrected chi connectivity index (χ1v) is 6.17. The Morgan fingerprint density at radius 3 is 2.93 bits per heavy atom. The lowest BCUT2D eigenvalue weighted by molar-refractivity contribution is -0.134. The molecule has 15 heavy (non-hydrogen) atoms. The van der Waals surface area contributed by atoms with E-state index in [9.17, 15) is 4.79 Å². The Morgan fingerprint density at radius 2 is 2.33 bits per heavy atom. The normalized spacial score (nSPS) is 23.1. The number of carbonyl (C=O) groups is 1. The summed E-state index contributed by atoms with van der Waals surface area (Å²) in [5.41, 5.74) is 5.53. The minimum absolute atomic E-state index is 0.201. The molecule has 0 aromatic carbocycles. The maximum Gasteiger partial charge on any atom is 0.225 e. The van der Waals surface area contributed by atoms with Crippen LogP contribution in [0, 0.1) is 11.8 Å². The van der Waals surface area contributed by atoms with Gasteiger partial charge < -0.3 is 10.6 Å². The first kappa shape index (κ1) is 12.5. The van der Waals surface area contributed by atoms with Crippen molar-refractivity contribution in [2.45, 2.75) is 39.5 Å². The van der Waals surface area contributed by atoms with Gasteiger partial charge in [-0.2, -0.15) is 0 Å². The number of rotatable bonds is 5. The Balaban J connectivity index is 2.35. The largest absolute Gasteiger partial charge is 0.342 e. The molecule has 3 heteroatoms. The van der Waals surface area contributed by atoms with E-state index < -0.39 is 0 Å². The van der Waals surface area contributed by atoms with Gasteiger partial charge in [0, 0.05) is 19.0 Å². The average molecular weight is 212 g/mol. The average Bonchev–Trinajstić information content (AvgIpc) is 2.66. The van der Waals surface area contributed by atoms with E-state index in [0.717, 1.165) is 45.3 Å². The van der Waals surface area contributed by atoms with E-state index in [0.29, 0.717) is 11.8 Å². The highest BCUT2D eigenvalue weighted by molar-refractivity contribution is 5.78. The molecule has 3 nitrogen and oxygen atoms in total. The topological polar surface area (TPSA) is 46.3 Å². The van der Waals surface area contributed by atoms with E-state index in [2.05, 4.69) is 6.92 Å². The van der Waals surface area contributed by atoms with Crippen molar-refractivity contribution in [2.75, 3.05) is 19.6 Å². The van der Waals surface area contributed by atoms with Crippen LogP contribution < -0.4 is 5.73 Å². The van der Waals surface area contributed by atoms with Crippen molar-refractivity contribution in [3.8, 4) is 0 Å². The Morgan fingerprint density at radius 1 is 1.60 bits per heavy atom. The lowest BCUT2D eigenvalue weighted by atomic mass is 10.0. The second-order valence-electron chi connectivity index (χ2n) is 4.71. The zero-order valence-corrected chi connectivity index (χ0v) is 10.0. The molecule has 0 saturated carbocycles. The van der Waals surface area contributed by atoms with Gasteiger partial charge in [-0.3, -0.25) is 4.79 Å². The molecule has 0 bridgehead atoms. The Bertz CT molecular complexity index is 206. The summed E-state index contributed by atoms with van der Waals surface area (Å²) in [5.74, 6) is 1.19. The quantitative estimate of drug-likeness (QED) is 0.752. The van der Waals surface area contributed by atoms with Crippen molar-refractivity contribution in [1.82, 2.24) is 4.90 Å². The van der Waals surface area contributed by atoms with Crippen LogP contribution in [-0.2, 0) is 4.79 Å². The third-order valence-electron chi connectivity index (χ3n) is 3.32. The van der Waals surface area contributed by atoms with Crippen molar-refractivity contribution in [3.63, 3.8) is 0 Å². The van der Waals surface area contributed by atoms with Crippen LogP contribution >= 0.6 is 0 Å². The third-order valence-corrected chi connectivity index (χ3v) is 3.32. The zero-order valence-electron chi connectivity index (χ0n) is 10.0. The van der Waals surface area contributed by atoms with Crippen LogP contribution in [0.1, 0.15) is 39.5 Å². The fraction of sp³-hybridized carbons (Fsp3) is 0.917. The molecule has 0 radical (unpaired) electrons. The number of hydrogen-bond donors (Lipinski definition) is 1. The number of likely N-dealkylation sites (tertiary alicyclic amines) is 1. The predicted molar refractivity (Wildman–Crippen MR) is 62.4 cm³/mol. The molecule has 0 aromatic rings. The van der Waals surface area contributed by atoms with Gasteiger partial charge in [-0.05, 0) is 31.7 Å². The van der Waals surface area contributed by atoms with E-state index in [4.69, 9.17) is 5.73 Å². The van der Waals surface area contributed by atoms with Crippen LogP contribution in [0.2, 0.25) is 0 Å².